The van der Waals surface area contributed by atoms with Crippen molar-refractivity contribution in [2.24, 2.45) is 0 Å². The van der Waals surface area contributed by atoms with Gasteiger partial charge >= 0.3 is 0 Å². The summed E-state index contributed by atoms with van der Waals surface area (Å²) >= 11 is 0. The van der Waals surface area contributed by atoms with Gasteiger partial charge < -0.3 is 21.1 Å². The van der Waals surface area contributed by atoms with Gasteiger partial charge in [0.1, 0.15) is 11.8 Å². The van der Waals surface area contributed by atoms with Crippen molar-refractivity contribution in [1.29, 1.82) is 0 Å². The summed E-state index contributed by atoms with van der Waals surface area (Å²) in [4.78, 5) is 11.6. The average Bonchev–Trinajstić information content (AvgIpc) is 2.39. The van der Waals surface area contributed by atoms with Crippen molar-refractivity contribution in [3.05, 3.63) is 18.2 Å². The van der Waals surface area contributed by atoms with Gasteiger partial charge in [-0.2, -0.15) is 0 Å². The minimum Gasteiger partial charge on any atom is -0.491 e. The highest BCUT2D eigenvalue weighted by molar-refractivity contribution is 5.84. The topological polar surface area (TPSA) is 76.4 Å². The summed E-state index contributed by atoms with van der Waals surface area (Å²) in [5.41, 5.74) is 7.26. The molecule has 0 heterocycles. The first-order valence-electron chi connectivity index (χ1n) is 6.65. The molecule has 0 aliphatic carbocycles. The molecule has 0 saturated carbocycles. The molecule has 0 fully saturated rings. The van der Waals surface area contributed by atoms with Crippen LogP contribution in [0.3, 0.4) is 0 Å². The summed E-state index contributed by atoms with van der Waals surface area (Å²) in [7, 11) is 0. The molecule has 0 radical (unpaired) electrons. The summed E-state index contributed by atoms with van der Waals surface area (Å²) in [6.45, 7) is 6.99. The van der Waals surface area contributed by atoms with Crippen LogP contribution in [0.4, 0.5) is 11.4 Å². The van der Waals surface area contributed by atoms with Gasteiger partial charge in [-0.25, -0.2) is 0 Å². The van der Waals surface area contributed by atoms with Crippen molar-refractivity contribution in [2.45, 2.75) is 33.2 Å². The van der Waals surface area contributed by atoms with Crippen molar-refractivity contribution in [3.63, 3.8) is 0 Å². The molecule has 0 aliphatic rings. The van der Waals surface area contributed by atoms with Crippen LogP contribution in [-0.4, -0.2) is 25.1 Å². The monoisotopic (exact) mass is 265 g/mol. The normalized spacial score (nSPS) is 11.7. The zero-order valence-corrected chi connectivity index (χ0v) is 11.8. The first-order chi connectivity index (χ1) is 9.08. The predicted octanol–water partition coefficient (Wildman–Crippen LogP) is 1.99. The number of ether oxygens (including phenoxy) is 1. The Bertz CT molecular complexity index is 421. The van der Waals surface area contributed by atoms with Gasteiger partial charge in [0.25, 0.3) is 0 Å². The lowest BCUT2D eigenvalue weighted by atomic mass is 10.2. The average molecular weight is 265 g/mol. The molecule has 1 atom stereocenters. The fraction of sp³-hybridized carbons (Fsp3) is 0.500. The van der Waals surface area contributed by atoms with E-state index in [1.54, 1.807) is 6.07 Å². The summed E-state index contributed by atoms with van der Waals surface area (Å²) < 4.78 is 5.55. The number of rotatable bonds is 7. The van der Waals surface area contributed by atoms with Crippen LogP contribution in [-0.2, 0) is 4.79 Å². The number of nitrogens with one attached hydrogen (secondary N) is 2. The second-order valence-corrected chi connectivity index (χ2v) is 4.36. The third kappa shape index (κ3) is 4.69. The number of nitrogens with two attached hydrogens (primary N) is 1. The van der Waals surface area contributed by atoms with Crippen LogP contribution in [0.5, 0.6) is 5.75 Å². The summed E-state index contributed by atoms with van der Waals surface area (Å²) in [5, 5.41) is 5.89. The number of hydrogen-bond donors (Lipinski definition) is 3. The SMILES string of the molecule is CCCOc1cc(NC(C)C(=O)NCC)ccc1N. The first kappa shape index (κ1) is 15.1. The molecule has 1 rings (SSSR count). The molecule has 0 spiro atoms. The van der Waals surface area contributed by atoms with Gasteiger partial charge in [-0.15, -0.1) is 0 Å². The molecular formula is C14H23N3O2. The van der Waals surface area contributed by atoms with Gasteiger partial charge in [0.05, 0.1) is 12.3 Å². The number of hydrogen-bond acceptors (Lipinski definition) is 4. The molecule has 0 bridgehead atoms. The summed E-state index contributed by atoms with van der Waals surface area (Å²) in [6, 6.07) is 5.13. The number of carbonyl (C=O) groups is 1. The Morgan fingerprint density at radius 2 is 2.16 bits per heavy atom. The van der Waals surface area contributed by atoms with Crippen LogP contribution in [0.15, 0.2) is 18.2 Å². The smallest absolute Gasteiger partial charge is 0.242 e. The molecule has 0 aromatic heterocycles. The van der Waals surface area contributed by atoms with Crippen LogP contribution in [0, 0.1) is 0 Å². The van der Waals surface area contributed by atoms with E-state index in [1.807, 2.05) is 32.9 Å². The number of carbonyl (C=O) groups excluding carboxylic acids is 1. The number of benzene rings is 1. The highest BCUT2D eigenvalue weighted by Gasteiger charge is 2.12. The number of nitrogen functional groups attached to an aromatic ring is 1. The Morgan fingerprint density at radius 3 is 2.79 bits per heavy atom. The molecule has 5 heteroatoms. The highest BCUT2D eigenvalue weighted by atomic mass is 16.5. The number of likely N-dealkylation sites (N-methyl/N-ethyl adjacent to an activating group) is 1. The van der Waals surface area contributed by atoms with Crippen LogP contribution >= 0.6 is 0 Å². The maximum Gasteiger partial charge on any atom is 0.242 e. The van der Waals surface area contributed by atoms with E-state index < -0.39 is 0 Å². The minimum atomic E-state index is -0.303. The van der Waals surface area contributed by atoms with Crippen molar-refractivity contribution < 1.29 is 9.53 Å². The molecule has 0 saturated heterocycles. The molecule has 4 N–H and O–H groups in total. The molecule has 1 aromatic carbocycles. The molecule has 1 amide bonds. The van der Waals surface area contributed by atoms with Crippen molar-refractivity contribution in [2.75, 3.05) is 24.2 Å². The van der Waals surface area contributed by atoms with Crippen LogP contribution < -0.4 is 21.1 Å². The van der Waals surface area contributed by atoms with Crippen molar-refractivity contribution in [1.82, 2.24) is 5.32 Å². The van der Waals surface area contributed by atoms with Gasteiger partial charge in [-0.3, -0.25) is 4.79 Å². The van der Waals surface area contributed by atoms with Gasteiger partial charge in [0, 0.05) is 18.3 Å². The molecule has 0 aliphatic heterocycles. The lowest BCUT2D eigenvalue weighted by Crippen LogP contribution is -2.37. The Hall–Kier alpha value is -1.91. The van der Waals surface area contributed by atoms with Crippen LogP contribution in [0.1, 0.15) is 27.2 Å². The predicted molar refractivity (Wildman–Crippen MR) is 78.4 cm³/mol. The molecule has 106 valence electrons. The highest BCUT2D eigenvalue weighted by Crippen LogP contribution is 2.26. The zero-order valence-electron chi connectivity index (χ0n) is 11.8. The molecular weight excluding hydrogens is 242 g/mol. The lowest BCUT2D eigenvalue weighted by Gasteiger charge is -2.16. The Kier molecular flexibility index (Phi) is 5.99. The second kappa shape index (κ2) is 7.51. The zero-order chi connectivity index (χ0) is 14.3. The van der Waals surface area contributed by atoms with Crippen LogP contribution in [0.25, 0.3) is 0 Å². The van der Waals surface area contributed by atoms with E-state index in [0.29, 0.717) is 24.6 Å². The lowest BCUT2D eigenvalue weighted by molar-refractivity contribution is -0.121. The third-order valence-corrected chi connectivity index (χ3v) is 2.60. The second-order valence-electron chi connectivity index (χ2n) is 4.36. The quantitative estimate of drug-likeness (QED) is 0.659. The van der Waals surface area contributed by atoms with Gasteiger partial charge in [0.15, 0.2) is 0 Å². The van der Waals surface area contributed by atoms with E-state index >= 15 is 0 Å². The standard InChI is InChI=1S/C14H23N3O2/c1-4-8-19-13-9-11(6-7-12(13)15)17-10(3)14(18)16-5-2/h6-7,9-10,17H,4-5,8,15H2,1-3H3,(H,16,18). The molecule has 1 aromatic rings. The van der Waals surface area contributed by atoms with Gasteiger partial charge in [-0.1, -0.05) is 6.92 Å². The fourth-order valence-corrected chi connectivity index (χ4v) is 1.60. The summed E-state index contributed by atoms with van der Waals surface area (Å²) in [5.74, 6) is 0.616. The maximum absolute atomic E-state index is 11.6. The van der Waals surface area contributed by atoms with Gasteiger partial charge in [-0.05, 0) is 32.4 Å². The van der Waals surface area contributed by atoms with Gasteiger partial charge in [0.2, 0.25) is 5.91 Å². The number of anilines is 2. The third-order valence-electron chi connectivity index (χ3n) is 2.60. The maximum atomic E-state index is 11.6. The fourth-order valence-electron chi connectivity index (χ4n) is 1.60. The van der Waals surface area contributed by atoms with E-state index in [2.05, 4.69) is 10.6 Å². The van der Waals surface area contributed by atoms with Crippen molar-refractivity contribution in [3.8, 4) is 5.75 Å². The largest absolute Gasteiger partial charge is 0.491 e. The minimum absolute atomic E-state index is 0.0321. The Balaban J connectivity index is 2.70. The Labute approximate surface area is 114 Å². The van der Waals surface area contributed by atoms with E-state index in [1.165, 1.54) is 0 Å². The van der Waals surface area contributed by atoms with E-state index in [9.17, 15) is 4.79 Å². The number of amides is 1. The Morgan fingerprint density at radius 1 is 1.42 bits per heavy atom. The molecule has 19 heavy (non-hydrogen) atoms. The van der Waals surface area contributed by atoms with E-state index in [-0.39, 0.29) is 11.9 Å². The van der Waals surface area contributed by atoms with E-state index in [4.69, 9.17) is 10.5 Å². The van der Waals surface area contributed by atoms with Crippen molar-refractivity contribution >= 4 is 17.3 Å². The van der Waals surface area contributed by atoms with Crippen LogP contribution in [0.2, 0.25) is 0 Å². The molecule has 5 nitrogen and oxygen atoms in total. The molecule has 1 unspecified atom stereocenters. The van der Waals surface area contributed by atoms with E-state index in [0.717, 1.165) is 12.1 Å². The first-order valence-corrected chi connectivity index (χ1v) is 6.65. The summed E-state index contributed by atoms with van der Waals surface area (Å²) in [6.07, 6.45) is 0.923.